The number of aryl methyl sites for hydroxylation is 2. The van der Waals surface area contributed by atoms with E-state index >= 15 is 0 Å². The molecule has 0 bridgehead atoms. The van der Waals surface area contributed by atoms with Crippen LogP contribution in [-0.4, -0.2) is 298 Å². The summed E-state index contributed by atoms with van der Waals surface area (Å²) < 4.78 is 44.9. The number of para-hydroxylation sites is 2. The summed E-state index contributed by atoms with van der Waals surface area (Å²) in [5.41, 5.74) is 20.3. The number of nitrogens with zero attached hydrogens (tertiary/aromatic N) is 14. The lowest BCUT2D eigenvalue weighted by molar-refractivity contribution is -0.127. The molecule has 10 heterocycles. The van der Waals surface area contributed by atoms with Crippen molar-refractivity contribution in [2.75, 3.05) is 169 Å². The Labute approximate surface area is 783 Å². The maximum absolute atomic E-state index is 13.3. The van der Waals surface area contributed by atoms with Gasteiger partial charge in [0.15, 0.2) is 11.3 Å². The van der Waals surface area contributed by atoms with E-state index in [1.54, 1.807) is 36.4 Å². The van der Waals surface area contributed by atoms with Gasteiger partial charge >= 0.3 is 0 Å². The number of piperidine rings is 2. The zero-order chi connectivity index (χ0) is 92.9. The molecule has 35 heteroatoms. The van der Waals surface area contributed by atoms with Crippen molar-refractivity contribution in [2.24, 2.45) is 0 Å². The minimum atomic E-state index is -0.806. The van der Waals surface area contributed by atoms with Gasteiger partial charge in [0.2, 0.25) is 23.6 Å². The predicted molar refractivity (Wildman–Crippen MR) is 505 cm³/mol. The van der Waals surface area contributed by atoms with Crippen LogP contribution in [0.5, 0.6) is 23.0 Å². The molecule has 4 aromatic heterocycles. The Morgan fingerprint density at radius 2 is 0.748 bits per heavy atom. The molecule has 8 aliphatic rings. The molecule has 135 heavy (non-hydrogen) atoms. The summed E-state index contributed by atoms with van der Waals surface area (Å²) in [6, 6.07) is 45.4. The van der Waals surface area contributed by atoms with Crippen LogP contribution in [0.25, 0.3) is 44.6 Å². The Bertz CT molecular complexity index is 5760. The lowest BCUT2D eigenvalue weighted by Crippen LogP contribution is -2.52. The maximum Gasteiger partial charge on any atom is 0.262 e. The number of hydrogen-bond donors (Lipinski definition) is 6. The van der Waals surface area contributed by atoms with Crippen molar-refractivity contribution in [3.8, 4) is 45.5 Å². The highest BCUT2D eigenvalue weighted by Gasteiger charge is 2.47. The summed E-state index contributed by atoms with van der Waals surface area (Å²) in [4.78, 5) is 133. The third kappa shape index (κ3) is 23.0. The van der Waals surface area contributed by atoms with Crippen molar-refractivity contribution in [3.05, 3.63) is 192 Å². The molecule has 0 spiro atoms. The van der Waals surface area contributed by atoms with Gasteiger partial charge < -0.3 is 65.9 Å². The fourth-order valence-electron chi connectivity index (χ4n) is 19.7. The molecule has 10 aromatic rings. The van der Waals surface area contributed by atoms with Gasteiger partial charge in [0, 0.05) is 128 Å². The van der Waals surface area contributed by atoms with Crippen molar-refractivity contribution in [1.29, 1.82) is 0 Å². The Morgan fingerprint density at radius 3 is 1.13 bits per heavy atom. The minimum absolute atomic E-state index is 0.148. The van der Waals surface area contributed by atoms with Gasteiger partial charge in [-0.2, -0.15) is 10.2 Å². The fourth-order valence-corrected chi connectivity index (χ4v) is 19.7. The lowest BCUT2D eigenvalue weighted by Gasteiger charge is -2.42. The molecule has 6 aromatic carbocycles. The number of imide groups is 2. The molecule has 6 fully saturated rings. The summed E-state index contributed by atoms with van der Waals surface area (Å²) in [6.07, 6.45) is 14.7. The average molecular weight is 1840 g/mol. The van der Waals surface area contributed by atoms with E-state index < -0.39 is 35.7 Å². The van der Waals surface area contributed by atoms with Crippen LogP contribution in [0, 0.1) is 0 Å². The van der Waals surface area contributed by atoms with Gasteiger partial charge in [-0.3, -0.25) is 67.8 Å². The van der Waals surface area contributed by atoms with E-state index in [0.717, 1.165) is 194 Å². The van der Waals surface area contributed by atoms with E-state index in [1.165, 1.54) is 12.7 Å². The SMILES string of the molecule is Nc1ncnc2c1c(-c1ccc(Oc3ccccc3)cc1)nn2C1CCC(N2CCN(CCOCCOCCNC(=O)CCc3cccc4c3C(=O)N(C3CCCNC3=O)C4=O)CC2)CC1.Nc1ncnc2c1c(-c1ccc(Oc3ccccc3)cc1)nn2C1CCC(N2CCN(CCOCCOCCOCCNC(=O)CCc3cccc4c3C(=O)N(C3CCCNC3=O)C4=O)CC2)CC1. The van der Waals surface area contributed by atoms with Crippen molar-refractivity contribution >= 4 is 81.0 Å². The molecule has 2 atom stereocenters. The molecule has 6 aliphatic heterocycles. The number of anilines is 2. The van der Waals surface area contributed by atoms with Crippen LogP contribution in [0.4, 0.5) is 11.6 Å². The second-order valence-corrected chi connectivity index (χ2v) is 35.4. The molecule has 35 nitrogen and oxygen atoms in total. The van der Waals surface area contributed by atoms with Crippen LogP contribution in [0.1, 0.15) is 155 Å². The molecule has 0 radical (unpaired) electrons. The summed E-state index contributed by atoms with van der Waals surface area (Å²) in [7, 11) is 0. The number of nitrogens with one attached hydrogen (secondary N) is 4. The first-order valence-corrected chi connectivity index (χ1v) is 47.7. The van der Waals surface area contributed by atoms with Gasteiger partial charge in [-0.1, -0.05) is 60.7 Å². The molecular weight excluding hydrogens is 1720 g/mol. The molecule has 710 valence electrons. The van der Waals surface area contributed by atoms with Crippen molar-refractivity contribution in [3.63, 3.8) is 0 Å². The quantitative estimate of drug-likeness (QED) is 0.0154. The molecule has 2 saturated carbocycles. The number of nitrogens with two attached hydrogens (primary N) is 2. The average Bonchev–Trinajstić information content (AvgIpc) is 1.62. The Kier molecular flexibility index (Phi) is 31.8. The number of hydrogen-bond acceptors (Lipinski definition) is 27. The molecule has 8 N–H and O–H groups in total. The van der Waals surface area contributed by atoms with Gasteiger partial charge in [-0.25, -0.2) is 29.3 Å². The monoisotopic (exact) mass is 1840 g/mol. The van der Waals surface area contributed by atoms with Crippen LogP contribution in [0.15, 0.2) is 158 Å². The van der Waals surface area contributed by atoms with Gasteiger partial charge in [-0.05, 0) is 186 Å². The number of ether oxygens (including phenoxy) is 7. The number of benzene rings is 6. The third-order valence-electron chi connectivity index (χ3n) is 26.9. The van der Waals surface area contributed by atoms with Gasteiger partial charge in [0.05, 0.1) is 111 Å². The van der Waals surface area contributed by atoms with Gasteiger partial charge in [0.25, 0.3) is 23.6 Å². The molecule has 2 aliphatic carbocycles. The Balaban J connectivity index is 0.000000188. The zero-order valence-corrected chi connectivity index (χ0v) is 76.3. The summed E-state index contributed by atoms with van der Waals surface area (Å²) >= 11 is 0. The molecule has 18 rings (SSSR count). The number of nitrogen functional groups attached to an aromatic ring is 2. The maximum atomic E-state index is 13.3. The van der Waals surface area contributed by atoms with E-state index in [-0.39, 0.29) is 65.2 Å². The Morgan fingerprint density at radius 1 is 0.385 bits per heavy atom. The highest BCUT2D eigenvalue weighted by Crippen LogP contribution is 2.42. The number of carbonyl (C=O) groups excluding carboxylic acids is 8. The first kappa shape index (κ1) is 94.2. The van der Waals surface area contributed by atoms with E-state index in [9.17, 15) is 38.4 Å². The van der Waals surface area contributed by atoms with E-state index in [0.29, 0.717) is 171 Å². The minimum Gasteiger partial charge on any atom is -0.457 e. The topological polar surface area (TPSA) is 408 Å². The number of piperazine rings is 2. The van der Waals surface area contributed by atoms with Gasteiger partial charge in [-0.15, -0.1) is 0 Å². The smallest absolute Gasteiger partial charge is 0.262 e. The highest BCUT2D eigenvalue weighted by atomic mass is 16.5. The fraction of sp³-hybridized carbons (Fsp3) is 0.460. The molecule has 2 unspecified atom stereocenters. The largest absolute Gasteiger partial charge is 0.457 e. The Hall–Kier alpha value is -12.6. The second-order valence-electron chi connectivity index (χ2n) is 35.4. The summed E-state index contributed by atoms with van der Waals surface area (Å²) in [6.45, 7) is 16.5. The van der Waals surface area contributed by atoms with Crippen molar-refractivity contribution in [1.82, 2.24) is 90.2 Å². The van der Waals surface area contributed by atoms with E-state index in [2.05, 4.69) is 70.2 Å². The highest BCUT2D eigenvalue weighted by molar-refractivity contribution is 6.24. The number of amides is 8. The first-order valence-electron chi connectivity index (χ1n) is 47.7. The molecule has 8 amide bonds. The lowest BCUT2D eigenvalue weighted by atomic mass is 9.90. The van der Waals surface area contributed by atoms with Crippen LogP contribution >= 0.6 is 0 Å². The second kappa shape index (κ2) is 45.6. The molecule has 4 saturated heterocycles. The first-order chi connectivity index (χ1) is 66.1. The summed E-state index contributed by atoms with van der Waals surface area (Å²) in [5.74, 6) is 1.09. The normalized spacial score (nSPS) is 20.2. The standard InChI is InChI=1S/C51H62N10O8.C49H58N10O7/c52-47-45-46(36-11-18-40(19-12-36)69-39-7-2-1-3-8-39)57-61(48(45)56-34-55-47)38-16-14-37(15-17-38)59-25-23-58(24-26-59)27-29-67-31-33-68-32-30-66-28-22-53-43(62)20-13-35-6-4-9-41-44(35)51(65)60(50(41)64)42-10-5-21-54-49(42)63;50-45-43-44(34-11-18-38(19-12-34)66-37-7-2-1-3-8-37)55-59(46(43)54-32-53-45)36-16-14-35(15-17-36)57-25-23-56(24-26-57)27-29-65-31-30-64-28-22-51-41(60)20-13-33-6-4-9-39-42(33)49(63)58(48(39)62)40-10-5-21-52-47(40)61/h1-4,6-9,11-12,18-19,34,37-38,42H,5,10,13-17,20-33H2,(H,53,62)(H,54,63)(H2,52,55,56);1-4,6-9,11-12,18-19,32,35-36,40H,5,10,13-17,20-31H2,(H,51,60)(H,52,61)(H2,50,53,54). The van der Waals surface area contributed by atoms with Gasteiger partial charge in [0.1, 0.15) is 70.8 Å². The van der Waals surface area contributed by atoms with Crippen molar-refractivity contribution in [2.45, 2.75) is 139 Å². The molecular formula is C100H120N20O15. The third-order valence-corrected chi connectivity index (χ3v) is 26.9. The van der Waals surface area contributed by atoms with Crippen LogP contribution in [0.2, 0.25) is 0 Å². The summed E-state index contributed by atoms with van der Waals surface area (Å²) in [5, 5.41) is 23.0. The van der Waals surface area contributed by atoms with Crippen LogP contribution < -0.4 is 42.2 Å². The van der Waals surface area contributed by atoms with E-state index in [4.69, 9.17) is 54.8 Å². The number of fused-ring (bicyclic) bond motifs is 4. The number of carbonyl (C=O) groups is 8. The zero-order valence-electron chi connectivity index (χ0n) is 76.3. The number of aromatic nitrogens is 8. The number of rotatable bonds is 39. The predicted octanol–water partition coefficient (Wildman–Crippen LogP) is 9.27. The van der Waals surface area contributed by atoms with Crippen LogP contribution in [0.3, 0.4) is 0 Å². The van der Waals surface area contributed by atoms with Crippen molar-refractivity contribution < 1.29 is 71.5 Å². The van der Waals surface area contributed by atoms with E-state index in [1.807, 2.05) is 109 Å². The van der Waals surface area contributed by atoms with Crippen LogP contribution in [-0.2, 0) is 55.7 Å².